The van der Waals surface area contributed by atoms with Crippen LogP contribution < -0.4 is 0 Å². The number of aliphatic carboxylic acids is 1. The summed E-state index contributed by atoms with van der Waals surface area (Å²) < 4.78 is 1.13. The molecule has 1 aromatic heterocycles. The van der Waals surface area contributed by atoms with E-state index < -0.39 is 5.97 Å². The van der Waals surface area contributed by atoms with Gasteiger partial charge in [-0.05, 0) is 10.4 Å². The number of hydrogen-bond donors (Lipinski definition) is 1. The van der Waals surface area contributed by atoms with Crippen LogP contribution in [0.1, 0.15) is 0 Å². The number of rotatable bonds is 2. The summed E-state index contributed by atoms with van der Waals surface area (Å²) in [4.78, 5) is 9.95. The second-order valence-electron chi connectivity index (χ2n) is 1.40. The van der Waals surface area contributed by atoms with Gasteiger partial charge >= 0.3 is 5.97 Å². The van der Waals surface area contributed by atoms with Gasteiger partial charge in [-0.15, -0.1) is 5.10 Å². The molecular formula is C3H6N4O3. The van der Waals surface area contributed by atoms with Gasteiger partial charge in [-0.2, -0.15) is 0 Å². The van der Waals surface area contributed by atoms with Gasteiger partial charge < -0.3 is 10.6 Å². The van der Waals surface area contributed by atoms with Crippen LogP contribution in [0.25, 0.3) is 0 Å². The zero-order chi connectivity index (χ0) is 6.69. The normalized spacial score (nSPS) is 8.40. The molecular weight excluding hydrogens is 140 g/mol. The van der Waals surface area contributed by atoms with E-state index in [0.717, 1.165) is 4.68 Å². The second-order valence-corrected chi connectivity index (χ2v) is 1.40. The maximum atomic E-state index is 9.95. The van der Waals surface area contributed by atoms with Crippen LogP contribution in [0.2, 0.25) is 0 Å². The van der Waals surface area contributed by atoms with Crippen molar-refractivity contribution in [2.75, 3.05) is 0 Å². The Morgan fingerprint density at radius 2 is 2.40 bits per heavy atom. The van der Waals surface area contributed by atoms with Gasteiger partial charge in [0.1, 0.15) is 12.9 Å². The second kappa shape index (κ2) is 3.51. The first-order valence-electron chi connectivity index (χ1n) is 2.21. The van der Waals surface area contributed by atoms with Crippen molar-refractivity contribution in [2.24, 2.45) is 0 Å². The van der Waals surface area contributed by atoms with E-state index >= 15 is 0 Å². The molecule has 0 radical (unpaired) electrons. The molecule has 56 valence electrons. The van der Waals surface area contributed by atoms with Gasteiger partial charge in [-0.3, -0.25) is 4.79 Å². The Kier molecular flexibility index (Phi) is 2.98. The van der Waals surface area contributed by atoms with Gasteiger partial charge in [0, 0.05) is 0 Å². The summed E-state index contributed by atoms with van der Waals surface area (Å²) in [6.07, 6.45) is 1.24. The highest BCUT2D eigenvalue weighted by molar-refractivity contribution is 5.66. The largest absolute Gasteiger partial charge is 0.480 e. The fourth-order valence-electron chi connectivity index (χ4n) is 0.391. The van der Waals surface area contributed by atoms with Gasteiger partial charge in [0.2, 0.25) is 0 Å². The summed E-state index contributed by atoms with van der Waals surface area (Å²) in [6.45, 7) is -0.188. The van der Waals surface area contributed by atoms with Crippen LogP contribution in [0.15, 0.2) is 6.33 Å². The highest BCUT2D eigenvalue weighted by Crippen LogP contribution is 1.75. The Morgan fingerprint density at radius 3 is 2.80 bits per heavy atom. The van der Waals surface area contributed by atoms with Crippen LogP contribution in [0.5, 0.6) is 0 Å². The van der Waals surface area contributed by atoms with E-state index in [9.17, 15) is 4.79 Å². The summed E-state index contributed by atoms with van der Waals surface area (Å²) >= 11 is 0. The molecule has 1 heterocycles. The minimum Gasteiger partial charge on any atom is -0.480 e. The third-order valence-electron chi connectivity index (χ3n) is 0.689. The molecule has 0 unspecified atom stereocenters. The predicted molar refractivity (Wildman–Crippen MR) is 29.1 cm³/mol. The molecule has 0 aliphatic heterocycles. The van der Waals surface area contributed by atoms with Crippen LogP contribution in [-0.2, 0) is 11.3 Å². The molecule has 0 aromatic carbocycles. The van der Waals surface area contributed by atoms with Gasteiger partial charge in [0.15, 0.2) is 0 Å². The number of carbonyl (C=O) groups is 1. The Bertz CT molecular complexity index is 196. The summed E-state index contributed by atoms with van der Waals surface area (Å²) in [7, 11) is 0. The highest BCUT2D eigenvalue weighted by Gasteiger charge is 1.97. The number of hydrogen-bond acceptors (Lipinski definition) is 4. The minimum absolute atomic E-state index is 0. The number of aromatic nitrogens is 4. The molecule has 7 heteroatoms. The van der Waals surface area contributed by atoms with Crippen molar-refractivity contribution in [1.82, 2.24) is 20.2 Å². The highest BCUT2D eigenvalue weighted by atomic mass is 16.4. The lowest BCUT2D eigenvalue weighted by Gasteiger charge is -1.88. The van der Waals surface area contributed by atoms with E-state index in [1.165, 1.54) is 6.33 Å². The lowest BCUT2D eigenvalue weighted by Crippen LogP contribution is -2.08. The smallest absolute Gasteiger partial charge is 0.325 e. The fourth-order valence-corrected chi connectivity index (χ4v) is 0.391. The lowest BCUT2D eigenvalue weighted by molar-refractivity contribution is -0.137. The van der Waals surface area contributed by atoms with Gasteiger partial charge in [-0.25, -0.2) is 4.68 Å². The molecule has 0 spiro atoms. The summed E-state index contributed by atoms with van der Waals surface area (Å²) in [5.41, 5.74) is 0. The summed E-state index contributed by atoms with van der Waals surface area (Å²) in [5, 5.41) is 18.0. The molecule has 0 aliphatic rings. The number of carboxylic acids is 1. The molecule has 0 saturated heterocycles. The molecule has 7 nitrogen and oxygen atoms in total. The Hall–Kier alpha value is -1.50. The van der Waals surface area contributed by atoms with Crippen molar-refractivity contribution in [3.8, 4) is 0 Å². The zero-order valence-corrected chi connectivity index (χ0v) is 4.93. The molecule has 0 fully saturated rings. The van der Waals surface area contributed by atoms with E-state index in [0.29, 0.717) is 0 Å². The molecule has 0 bridgehead atoms. The van der Waals surface area contributed by atoms with Crippen LogP contribution >= 0.6 is 0 Å². The van der Waals surface area contributed by atoms with Crippen LogP contribution in [0.4, 0.5) is 0 Å². The first-order valence-corrected chi connectivity index (χ1v) is 2.21. The monoisotopic (exact) mass is 146 g/mol. The quantitative estimate of drug-likeness (QED) is 0.515. The van der Waals surface area contributed by atoms with Crippen LogP contribution in [0.3, 0.4) is 0 Å². The average molecular weight is 146 g/mol. The first kappa shape index (κ1) is 8.50. The molecule has 0 amide bonds. The van der Waals surface area contributed by atoms with Crippen LogP contribution in [0, 0.1) is 0 Å². The molecule has 1 rings (SSSR count). The SMILES string of the molecule is O.O=C(O)Cn1cnnn1. The van der Waals surface area contributed by atoms with Gasteiger partial charge in [0.25, 0.3) is 0 Å². The molecule has 0 aliphatic carbocycles. The van der Waals surface area contributed by atoms with Gasteiger partial charge in [0.05, 0.1) is 0 Å². The van der Waals surface area contributed by atoms with E-state index in [1.54, 1.807) is 0 Å². The van der Waals surface area contributed by atoms with E-state index in [2.05, 4.69) is 15.5 Å². The molecule has 0 atom stereocenters. The Labute approximate surface area is 55.6 Å². The van der Waals surface area contributed by atoms with Crippen molar-refractivity contribution in [3.63, 3.8) is 0 Å². The summed E-state index contributed by atoms with van der Waals surface area (Å²) in [6, 6.07) is 0. The first-order chi connectivity index (χ1) is 4.29. The topological polar surface area (TPSA) is 112 Å². The number of tetrazole rings is 1. The minimum atomic E-state index is -0.956. The van der Waals surface area contributed by atoms with E-state index in [1.807, 2.05) is 0 Å². The maximum Gasteiger partial charge on any atom is 0.325 e. The molecule has 10 heavy (non-hydrogen) atoms. The van der Waals surface area contributed by atoms with E-state index in [-0.39, 0.29) is 12.0 Å². The van der Waals surface area contributed by atoms with Crippen LogP contribution in [-0.4, -0.2) is 36.8 Å². The van der Waals surface area contributed by atoms with Gasteiger partial charge in [-0.1, -0.05) is 0 Å². The zero-order valence-electron chi connectivity index (χ0n) is 4.93. The number of carboxylic acid groups (broad SMARTS) is 1. The molecule has 0 saturated carbocycles. The van der Waals surface area contributed by atoms with E-state index in [4.69, 9.17) is 5.11 Å². The average Bonchev–Trinajstić information content (AvgIpc) is 2.15. The predicted octanol–water partition coefficient (Wildman–Crippen LogP) is -2.07. The summed E-state index contributed by atoms with van der Waals surface area (Å²) in [5.74, 6) is -0.956. The Balaban J connectivity index is 0.000000810. The fraction of sp³-hybridized carbons (Fsp3) is 0.333. The third-order valence-corrected chi connectivity index (χ3v) is 0.689. The van der Waals surface area contributed by atoms with Crippen molar-refractivity contribution >= 4 is 5.97 Å². The lowest BCUT2D eigenvalue weighted by atomic mass is 10.7. The Morgan fingerprint density at radius 1 is 1.70 bits per heavy atom. The number of nitrogens with zero attached hydrogens (tertiary/aromatic N) is 4. The van der Waals surface area contributed by atoms with Crippen molar-refractivity contribution in [1.29, 1.82) is 0 Å². The third kappa shape index (κ3) is 2.18. The standard InChI is InChI=1S/C3H4N4O2.H2O/c8-3(9)1-7-2-4-5-6-7;/h2H,1H2,(H,8,9);1H2. The van der Waals surface area contributed by atoms with Crippen molar-refractivity contribution in [3.05, 3.63) is 6.33 Å². The molecule has 1 aromatic rings. The maximum absolute atomic E-state index is 9.95. The van der Waals surface area contributed by atoms with Crippen molar-refractivity contribution < 1.29 is 15.4 Å². The van der Waals surface area contributed by atoms with Crippen molar-refractivity contribution in [2.45, 2.75) is 6.54 Å². The molecule has 3 N–H and O–H groups in total.